The second-order valence-corrected chi connectivity index (χ2v) is 9.60. The summed E-state index contributed by atoms with van der Waals surface area (Å²) in [7, 11) is 3.28. The maximum absolute atomic E-state index is 13.1. The van der Waals surface area contributed by atoms with Crippen molar-refractivity contribution in [3.8, 4) is 11.5 Å². The molecule has 1 amide bonds. The Morgan fingerprint density at radius 2 is 1.90 bits per heavy atom. The average Bonchev–Trinajstić information content (AvgIpc) is 2.82. The summed E-state index contributed by atoms with van der Waals surface area (Å²) in [6.45, 7) is 0.429. The first kappa shape index (κ1) is 20.4. The largest absolute Gasteiger partial charge is 0.497 e. The number of rotatable bonds is 5. The summed E-state index contributed by atoms with van der Waals surface area (Å²) < 4.78 is 10.7. The second-order valence-electron chi connectivity index (χ2n) is 9.60. The minimum absolute atomic E-state index is 0.0117. The Morgan fingerprint density at radius 1 is 1.03 bits per heavy atom. The zero-order chi connectivity index (χ0) is 21.4. The molecule has 0 aromatic heterocycles. The molecule has 3 atom stereocenters. The molecule has 1 unspecified atom stereocenters. The number of amides is 1. The highest BCUT2D eigenvalue weighted by atomic mass is 16.5. The topological polar surface area (TPSA) is 47.6 Å². The van der Waals surface area contributed by atoms with Gasteiger partial charge in [-0.15, -0.1) is 0 Å². The highest BCUT2D eigenvalue weighted by Crippen LogP contribution is 2.58. The minimum Gasteiger partial charge on any atom is -0.497 e. The molecule has 3 aliphatic rings. The lowest BCUT2D eigenvalue weighted by molar-refractivity contribution is 0.0522. The third-order valence-electron chi connectivity index (χ3n) is 8.19. The van der Waals surface area contributed by atoms with Crippen molar-refractivity contribution in [1.29, 1.82) is 0 Å². The number of nitrogens with one attached hydrogen (secondary N) is 1. The van der Waals surface area contributed by atoms with E-state index in [9.17, 15) is 4.79 Å². The van der Waals surface area contributed by atoms with Crippen LogP contribution in [0.5, 0.6) is 11.5 Å². The van der Waals surface area contributed by atoms with Crippen LogP contribution in [0.2, 0.25) is 0 Å². The SMILES string of the molecule is COc1ccc(CNC(=O)c2ccc3c(c2)[C@@]24CCCCC2[C@H](CCC4)C3)c(OC)c1. The molecule has 31 heavy (non-hydrogen) atoms. The van der Waals surface area contributed by atoms with Crippen molar-refractivity contribution in [2.45, 2.75) is 63.3 Å². The monoisotopic (exact) mass is 419 g/mol. The number of carbonyl (C=O) groups is 1. The molecular formula is C27H33NO3. The lowest BCUT2D eigenvalue weighted by Crippen LogP contribution is -2.49. The van der Waals surface area contributed by atoms with Gasteiger partial charge in [0.05, 0.1) is 14.2 Å². The molecule has 2 aromatic carbocycles. The fourth-order valence-electron chi connectivity index (χ4n) is 6.78. The van der Waals surface area contributed by atoms with Gasteiger partial charge in [0, 0.05) is 23.7 Å². The Bertz CT molecular complexity index is 980. The number of carbonyl (C=O) groups excluding carboxylic acids is 1. The van der Waals surface area contributed by atoms with Crippen LogP contribution in [0.25, 0.3) is 0 Å². The van der Waals surface area contributed by atoms with Gasteiger partial charge in [-0.05, 0) is 84.7 Å². The predicted molar refractivity (Wildman–Crippen MR) is 122 cm³/mol. The third kappa shape index (κ3) is 3.50. The summed E-state index contributed by atoms with van der Waals surface area (Å²) in [5.74, 6) is 3.13. The van der Waals surface area contributed by atoms with Gasteiger partial charge < -0.3 is 14.8 Å². The second kappa shape index (κ2) is 8.22. The van der Waals surface area contributed by atoms with Crippen LogP contribution in [0.15, 0.2) is 36.4 Å². The van der Waals surface area contributed by atoms with Gasteiger partial charge in [-0.3, -0.25) is 4.79 Å². The first-order valence-corrected chi connectivity index (χ1v) is 11.8. The van der Waals surface area contributed by atoms with E-state index in [0.29, 0.717) is 12.0 Å². The summed E-state index contributed by atoms with van der Waals surface area (Å²) in [5, 5.41) is 3.10. The van der Waals surface area contributed by atoms with Crippen molar-refractivity contribution < 1.29 is 14.3 Å². The van der Waals surface area contributed by atoms with E-state index in [1.807, 2.05) is 24.3 Å². The van der Waals surface area contributed by atoms with Gasteiger partial charge in [0.25, 0.3) is 5.91 Å². The zero-order valence-corrected chi connectivity index (χ0v) is 18.7. The maximum atomic E-state index is 13.1. The molecule has 3 aliphatic carbocycles. The molecule has 4 heteroatoms. The molecule has 4 nitrogen and oxygen atoms in total. The number of methoxy groups -OCH3 is 2. The van der Waals surface area contributed by atoms with Gasteiger partial charge >= 0.3 is 0 Å². The molecule has 2 fully saturated rings. The number of fused-ring (bicyclic) bond motifs is 1. The molecule has 0 aliphatic heterocycles. The van der Waals surface area contributed by atoms with E-state index < -0.39 is 0 Å². The highest BCUT2D eigenvalue weighted by molar-refractivity contribution is 5.94. The smallest absolute Gasteiger partial charge is 0.251 e. The van der Waals surface area contributed by atoms with Gasteiger partial charge in [-0.2, -0.15) is 0 Å². The number of hydrogen-bond donors (Lipinski definition) is 1. The van der Waals surface area contributed by atoms with E-state index in [0.717, 1.165) is 34.5 Å². The fourth-order valence-corrected chi connectivity index (χ4v) is 6.78. The van der Waals surface area contributed by atoms with E-state index in [-0.39, 0.29) is 5.91 Å². The van der Waals surface area contributed by atoms with Crippen molar-refractivity contribution in [3.63, 3.8) is 0 Å². The van der Waals surface area contributed by atoms with Crippen LogP contribution < -0.4 is 14.8 Å². The first-order chi connectivity index (χ1) is 15.1. The van der Waals surface area contributed by atoms with E-state index in [2.05, 4.69) is 17.4 Å². The Labute approximate surface area is 185 Å². The quantitative estimate of drug-likeness (QED) is 0.704. The third-order valence-corrected chi connectivity index (χ3v) is 8.19. The summed E-state index contributed by atoms with van der Waals surface area (Å²) in [6.07, 6.45) is 10.6. The fraction of sp³-hybridized carbons (Fsp3) is 0.519. The number of hydrogen-bond acceptors (Lipinski definition) is 3. The molecule has 2 bridgehead atoms. The van der Waals surface area contributed by atoms with Crippen molar-refractivity contribution in [1.82, 2.24) is 5.32 Å². The van der Waals surface area contributed by atoms with Crippen LogP contribution in [-0.4, -0.2) is 20.1 Å². The van der Waals surface area contributed by atoms with Crippen LogP contribution in [0, 0.1) is 11.8 Å². The molecule has 0 radical (unpaired) electrons. The molecule has 2 saturated carbocycles. The molecule has 0 spiro atoms. The van der Waals surface area contributed by atoms with E-state index in [4.69, 9.17) is 9.47 Å². The first-order valence-electron chi connectivity index (χ1n) is 11.8. The molecule has 0 heterocycles. The van der Waals surface area contributed by atoms with Crippen LogP contribution in [0.3, 0.4) is 0 Å². The average molecular weight is 420 g/mol. The van der Waals surface area contributed by atoms with E-state index in [1.54, 1.807) is 14.2 Å². The summed E-state index contributed by atoms with van der Waals surface area (Å²) in [4.78, 5) is 13.1. The minimum atomic E-state index is -0.0117. The highest BCUT2D eigenvalue weighted by Gasteiger charge is 2.51. The van der Waals surface area contributed by atoms with Crippen LogP contribution in [0.1, 0.15) is 72.0 Å². The summed E-state index contributed by atoms with van der Waals surface area (Å²) in [5.41, 5.74) is 5.04. The van der Waals surface area contributed by atoms with Crippen molar-refractivity contribution in [2.24, 2.45) is 11.8 Å². The Hall–Kier alpha value is -2.49. The zero-order valence-electron chi connectivity index (χ0n) is 18.7. The molecule has 1 N–H and O–H groups in total. The summed E-state index contributed by atoms with van der Waals surface area (Å²) >= 11 is 0. The standard InChI is InChI=1S/C27H33NO3/c1-30-22-11-10-21(25(16-22)31-2)17-28-26(29)20-9-8-19-14-18-6-5-13-27(24(19)15-20)12-4-3-7-23(18)27/h8-11,15-16,18,23H,3-7,12-14,17H2,1-2H3,(H,28,29)/t18-,23?,27-/m1/s1. The van der Waals surface area contributed by atoms with E-state index >= 15 is 0 Å². The van der Waals surface area contributed by atoms with Crippen molar-refractivity contribution in [3.05, 3.63) is 58.7 Å². The lowest BCUT2D eigenvalue weighted by atomic mass is 9.49. The Balaban J connectivity index is 1.38. The molecule has 5 rings (SSSR count). The van der Waals surface area contributed by atoms with Crippen LogP contribution >= 0.6 is 0 Å². The molecular weight excluding hydrogens is 386 g/mol. The molecule has 2 aromatic rings. The summed E-state index contributed by atoms with van der Waals surface area (Å²) in [6, 6.07) is 12.2. The van der Waals surface area contributed by atoms with Gasteiger partial charge in [-0.25, -0.2) is 0 Å². The number of ether oxygens (including phenoxy) is 2. The van der Waals surface area contributed by atoms with E-state index in [1.165, 1.54) is 62.5 Å². The van der Waals surface area contributed by atoms with Gasteiger partial charge in [-0.1, -0.05) is 25.3 Å². The predicted octanol–water partition coefficient (Wildman–Crippen LogP) is 5.42. The lowest BCUT2D eigenvalue weighted by Gasteiger charge is -2.55. The van der Waals surface area contributed by atoms with Gasteiger partial charge in [0.15, 0.2) is 0 Å². The Morgan fingerprint density at radius 3 is 2.74 bits per heavy atom. The van der Waals surface area contributed by atoms with Crippen LogP contribution in [-0.2, 0) is 18.4 Å². The number of benzene rings is 2. The van der Waals surface area contributed by atoms with Gasteiger partial charge in [0.1, 0.15) is 11.5 Å². The van der Waals surface area contributed by atoms with Crippen molar-refractivity contribution in [2.75, 3.05) is 14.2 Å². The van der Waals surface area contributed by atoms with Crippen LogP contribution in [0.4, 0.5) is 0 Å². The van der Waals surface area contributed by atoms with Gasteiger partial charge in [0.2, 0.25) is 0 Å². The van der Waals surface area contributed by atoms with Crippen molar-refractivity contribution >= 4 is 5.91 Å². The maximum Gasteiger partial charge on any atom is 0.251 e. The molecule has 0 saturated heterocycles. The molecule has 164 valence electrons. The Kier molecular flexibility index (Phi) is 5.41. The normalized spacial score (nSPS) is 26.4.